The number of hydrogen-bond acceptors (Lipinski definition) is 5. The Balaban J connectivity index is 1.60. The second-order valence-electron chi connectivity index (χ2n) is 8.86. The third-order valence-electron chi connectivity index (χ3n) is 5.23. The third kappa shape index (κ3) is 5.29. The van der Waals surface area contributed by atoms with Crippen LogP contribution >= 0.6 is 0 Å². The standard InChI is InChI=1S/C22H28N4O4/c1-22(2,3)30-21(29)24-9-7-16(8-10-24)13-25-14-19(27)15-26(20(25)28)18-6-4-5-17(11-18)12-23/h4-6,11,16H,7-10,13-15H2,1-3H3. The highest BCUT2D eigenvalue weighted by atomic mass is 16.6. The van der Waals surface area contributed by atoms with Crippen LogP contribution in [0.1, 0.15) is 39.2 Å². The predicted molar refractivity (Wildman–Crippen MR) is 111 cm³/mol. The molecule has 8 heteroatoms. The average molecular weight is 412 g/mol. The van der Waals surface area contributed by atoms with Crippen molar-refractivity contribution >= 4 is 23.6 Å². The second-order valence-corrected chi connectivity index (χ2v) is 8.86. The van der Waals surface area contributed by atoms with Gasteiger partial charge in [-0.05, 0) is 57.7 Å². The van der Waals surface area contributed by atoms with Gasteiger partial charge in [0.15, 0.2) is 5.78 Å². The molecule has 0 aliphatic carbocycles. The Labute approximate surface area is 177 Å². The van der Waals surface area contributed by atoms with Gasteiger partial charge in [0.1, 0.15) is 5.60 Å². The van der Waals surface area contributed by atoms with Gasteiger partial charge in [-0.1, -0.05) is 6.07 Å². The summed E-state index contributed by atoms with van der Waals surface area (Å²) in [5, 5.41) is 9.10. The van der Waals surface area contributed by atoms with Gasteiger partial charge in [-0.2, -0.15) is 5.26 Å². The number of anilines is 1. The first-order valence-corrected chi connectivity index (χ1v) is 10.2. The van der Waals surface area contributed by atoms with E-state index in [9.17, 15) is 14.4 Å². The van der Waals surface area contributed by atoms with Crippen molar-refractivity contribution in [2.24, 2.45) is 5.92 Å². The highest BCUT2D eigenvalue weighted by Crippen LogP contribution is 2.24. The van der Waals surface area contributed by atoms with Crippen molar-refractivity contribution in [3.63, 3.8) is 0 Å². The molecule has 0 N–H and O–H groups in total. The third-order valence-corrected chi connectivity index (χ3v) is 5.23. The second kappa shape index (κ2) is 8.74. The molecule has 1 aromatic rings. The minimum atomic E-state index is -0.527. The van der Waals surface area contributed by atoms with Crippen LogP contribution in [0.5, 0.6) is 0 Å². The first-order valence-electron chi connectivity index (χ1n) is 10.2. The zero-order valence-electron chi connectivity index (χ0n) is 17.8. The van der Waals surface area contributed by atoms with Crippen LogP contribution in [0.3, 0.4) is 0 Å². The van der Waals surface area contributed by atoms with E-state index in [1.807, 2.05) is 20.8 Å². The summed E-state index contributed by atoms with van der Waals surface area (Å²) in [6.07, 6.45) is 1.19. The quantitative estimate of drug-likeness (QED) is 0.761. The summed E-state index contributed by atoms with van der Waals surface area (Å²) in [5.41, 5.74) is 0.470. The van der Waals surface area contributed by atoms with Crippen LogP contribution in [0.2, 0.25) is 0 Å². The molecule has 2 heterocycles. The fraction of sp³-hybridized carbons (Fsp3) is 0.545. The highest BCUT2D eigenvalue weighted by molar-refractivity contribution is 6.04. The molecule has 0 spiro atoms. The summed E-state index contributed by atoms with van der Waals surface area (Å²) in [6, 6.07) is 8.55. The molecule has 3 rings (SSSR count). The minimum Gasteiger partial charge on any atom is -0.444 e. The predicted octanol–water partition coefficient (Wildman–Crippen LogP) is 3.02. The van der Waals surface area contributed by atoms with Gasteiger partial charge in [0.25, 0.3) is 0 Å². The van der Waals surface area contributed by atoms with Crippen LogP contribution < -0.4 is 4.90 Å². The lowest BCUT2D eigenvalue weighted by atomic mass is 9.96. The van der Waals surface area contributed by atoms with E-state index in [0.29, 0.717) is 30.9 Å². The number of ether oxygens (including phenoxy) is 1. The first kappa shape index (κ1) is 21.6. The Bertz CT molecular complexity index is 863. The summed E-state index contributed by atoms with van der Waals surface area (Å²) in [6.45, 7) is 7.26. The van der Waals surface area contributed by atoms with Crippen molar-refractivity contribution in [1.29, 1.82) is 5.26 Å². The van der Waals surface area contributed by atoms with Gasteiger partial charge in [-0.25, -0.2) is 9.59 Å². The number of piperidine rings is 1. The molecule has 2 saturated heterocycles. The Morgan fingerprint density at radius 2 is 1.90 bits per heavy atom. The largest absolute Gasteiger partial charge is 0.444 e. The van der Waals surface area contributed by atoms with E-state index < -0.39 is 5.60 Å². The fourth-order valence-electron chi connectivity index (χ4n) is 3.77. The van der Waals surface area contributed by atoms with E-state index in [1.165, 1.54) is 4.90 Å². The van der Waals surface area contributed by atoms with Gasteiger partial charge in [-0.15, -0.1) is 0 Å². The fourth-order valence-corrected chi connectivity index (χ4v) is 3.77. The van der Waals surface area contributed by atoms with Crippen molar-refractivity contribution < 1.29 is 19.1 Å². The molecule has 30 heavy (non-hydrogen) atoms. The number of benzene rings is 1. The van der Waals surface area contributed by atoms with E-state index >= 15 is 0 Å². The monoisotopic (exact) mass is 412 g/mol. The normalized spacial score (nSPS) is 18.4. The maximum Gasteiger partial charge on any atom is 0.410 e. The van der Waals surface area contributed by atoms with Crippen molar-refractivity contribution in [3.05, 3.63) is 29.8 Å². The number of likely N-dealkylation sites (tertiary alicyclic amines) is 1. The molecular formula is C22H28N4O4. The Kier molecular flexibility index (Phi) is 6.30. The molecule has 0 aromatic heterocycles. The van der Waals surface area contributed by atoms with Crippen molar-refractivity contribution in [2.45, 2.75) is 39.2 Å². The SMILES string of the molecule is CC(C)(C)OC(=O)N1CCC(CN2CC(=O)CN(c3cccc(C#N)c3)C2=O)CC1. The Hall–Kier alpha value is -3.08. The first-order chi connectivity index (χ1) is 14.2. The van der Waals surface area contributed by atoms with Crippen molar-refractivity contribution in [1.82, 2.24) is 9.80 Å². The molecule has 2 fully saturated rings. The lowest BCUT2D eigenvalue weighted by Gasteiger charge is -2.39. The molecule has 2 aliphatic rings. The van der Waals surface area contributed by atoms with Gasteiger partial charge < -0.3 is 14.5 Å². The number of amides is 3. The van der Waals surface area contributed by atoms with Crippen LogP contribution in [0.4, 0.5) is 15.3 Å². The van der Waals surface area contributed by atoms with Gasteiger partial charge in [0.05, 0.1) is 24.7 Å². The van der Waals surface area contributed by atoms with Crippen LogP contribution in [0.15, 0.2) is 24.3 Å². The van der Waals surface area contributed by atoms with Gasteiger partial charge in [-0.3, -0.25) is 9.69 Å². The number of carbonyl (C=O) groups is 3. The van der Waals surface area contributed by atoms with Crippen LogP contribution in [-0.4, -0.2) is 66.0 Å². The molecule has 0 unspecified atom stereocenters. The zero-order valence-corrected chi connectivity index (χ0v) is 17.8. The topological polar surface area (TPSA) is 93.9 Å². The van der Waals surface area contributed by atoms with Crippen LogP contribution in [0.25, 0.3) is 0 Å². The smallest absolute Gasteiger partial charge is 0.410 e. The highest BCUT2D eigenvalue weighted by Gasteiger charge is 2.34. The summed E-state index contributed by atoms with van der Waals surface area (Å²) in [7, 11) is 0. The molecule has 8 nitrogen and oxygen atoms in total. The molecule has 0 bridgehead atoms. The molecule has 2 aliphatic heterocycles. The zero-order chi connectivity index (χ0) is 21.9. The van der Waals surface area contributed by atoms with Gasteiger partial charge >= 0.3 is 12.1 Å². The van der Waals surface area contributed by atoms with Crippen molar-refractivity contribution in [2.75, 3.05) is 37.6 Å². The number of ketones is 1. The maximum absolute atomic E-state index is 13.0. The molecule has 0 radical (unpaired) electrons. The number of Topliss-reactive ketones (excluding diaryl/α,β-unsaturated/α-hetero) is 1. The van der Waals surface area contributed by atoms with E-state index in [0.717, 1.165) is 12.8 Å². The summed E-state index contributed by atoms with van der Waals surface area (Å²) >= 11 is 0. The Morgan fingerprint density at radius 1 is 1.20 bits per heavy atom. The number of rotatable bonds is 3. The van der Waals surface area contributed by atoms with Crippen molar-refractivity contribution in [3.8, 4) is 6.07 Å². The minimum absolute atomic E-state index is 0.0152. The number of carbonyl (C=O) groups excluding carboxylic acids is 3. The van der Waals surface area contributed by atoms with Gasteiger partial charge in [0.2, 0.25) is 0 Å². The number of urea groups is 1. The molecule has 160 valence electrons. The molecule has 1 aromatic carbocycles. The number of hydrogen-bond donors (Lipinski definition) is 0. The Morgan fingerprint density at radius 3 is 2.53 bits per heavy atom. The van der Waals surface area contributed by atoms with E-state index in [4.69, 9.17) is 10.00 Å². The summed E-state index contributed by atoms with van der Waals surface area (Å²) in [4.78, 5) is 42.2. The lowest BCUT2D eigenvalue weighted by Crippen LogP contribution is -2.55. The van der Waals surface area contributed by atoms with Gasteiger partial charge in [0, 0.05) is 25.3 Å². The number of nitrogens with zero attached hydrogens (tertiary/aromatic N) is 4. The molecule has 0 atom stereocenters. The number of nitriles is 1. The van der Waals surface area contributed by atoms with E-state index in [2.05, 4.69) is 6.07 Å². The van der Waals surface area contributed by atoms with E-state index in [1.54, 1.807) is 34.1 Å². The molecular weight excluding hydrogens is 384 g/mol. The summed E-state index contributed by atoms with van der Waals surface area (Å²) in [5.74, 6) is 0.175. The van der Waals surface area contributed by atoms with Crippen LogP contribution in [-0.2, 0) is 9.53 Å². The maximum atomic E-state index is 13.0. The van der Waals surface area contributed by atoms with E-state index in [-0.39, 0.29) is 36.9 Å². The lowest BCUT2D eigenvalue weighted by molar-refractivity contribution is -0.119. The molecule has 0 saturated carbocycles. The van der Waals surface area contributed by atoms with Crippen LogP contribution in [0, 0.1) is 17.2 Å². The average Bonchev–Trinajstić information content (AvgIpc) is 2.69. The molecule has 3 amide bonds. The summed E-state index contributed by atoms with van der Waals surface area (Å²) < 4.78 is 5.42.